The fourth-order valence-electron chi connectivity index (χ4n) is 3.47. The monoisotopic (exact) mass is 415 g/mol. The van der Waals surface area contributed by atoms with E-state index in [0.717, 1.165) is 35.8 Å². The van der Waals surface area contributed by atoms with E-state index in [1.54, 1.807) is 0 Å². The number of ether oxygens (including phenoxy) is 1. The van der Waals surface area contributed by atoms with Crippen LogP contribution in [-0.4, -0.2) is 17.7 Å². The van der Waals surface area contributed by atoms with E-state index in [-0.39, 0.29) is 12.1 Å². The topological polar surface area (TPSA) is 29.5 Å². The molecule has 4 heteroatoms. The smallest absolute Gasteiger partial charge is 0.415 e. The van der Waals surface area contributed by atoms with Gasteiger partial charge in [0.2, 0.25) is 0 Å². The number of hydrogen-bond acceptors (Lipinski definition) is 2. The highest BCUT2D eigenvalue weighted by Crippen LogP contribution is 2.39. The van der Waals surface area contributed by atoms with Gasteiger partial charge in [0, 0.05) is 10.5 Å². The van der Waals surface area contributed by atoms with Crippen molar-refractivity contribution in [2.75, 3.05) is 4.90 Å². The predicted molar refractivity (Wildman–Crippen MR) is 110 cm³/mol. The number of hydrogen-bond donors (Lipinski definition) is 0. The Hall–Kier alpha value is -1.81. The van der Waals surface area contributed by atoms with Gasteiger partial charge >= 0.3 is 6.09 Å². The first-order valence-corrected chi connectivity index (χ1v) is 9.98. The van der Waals surface area contributed by atoms with Crippen molar-refractivity contribution in [3.05, 3.63) is 64.1 Å². The van der Waals surface area contributed by atoms with E-state index in [1.807, 2.05) is 43.9 Å². The number of benzene rings is 2. The van der Waals surface area contributed by atoms with Gasteiger partial charge in [0.25, 0.3) is 0 Å². The lowest BCUT2D eigenvalue weighted by Crippen LogP contribution is -2.46. The van der Waals surface area contributed by atoms with E-state index in [0.29, 0.717) is 0 Å². The summed E-state index contributed by atoms with van der Waals surface area (Å²) < 4.78 is 6.69. The second-order valence-electron chi connectivity index (χ2n) is 7.81. The lowest BCUT2D eigenvalue weighted by Gasteiger charge is -2.38. The molecule has 2 aromatic rings. The molecular formula is C22H26BrNO2. The number of rotatable bonds is 3. The SMILES string of the molecule is CC(C)(C)OC(=O)N1c2c(Br)cccc2CCC1CCc1ccccc1. The van der Waals surface area contributed by atoms with Gasteiger partial charge in [-0.1, -0.05) is 42.5 Å². The van der Waals surface area contributed by atoms with Crippen LogP contribution in [0.5, 0.6) is 0 Å². The highest BCUT2D eigenvalue weighted by Gasteiger charge is 2.35. The van der Waals surface area contributed by atoms with Gasteiger partial charge in [-0.05, 0) is 79.6 Å². The zero-order chi connectivity index (χ0) is 18.7. The van der Waals surface area contributed by atoms with E-state index in [2.05, 4.69) is 46.3 Å². The van der Waals surface area contributed by atoms with Crippen LogP contribution >= 0.6 is 15.9 Å². The summed E-state index contributed by atoms with van der Waals surface area (Å²) in [6.45, 7) is 5.73. The largest absolute Gasteiger partial charge is 0.443 e. The van der Waals surface area contributed by atoms with Crippen molar-refractivity contribution in [2.45, 2.75) is 58.1 Å². The molecule has 0 aromatic heterocycles. The molecule has 0 saturated heterocycles. The van der Waals surface area contributed by atoms with Crippen molar-refractivity contribution in [1.29, 1.82) is 0 Å². The molecule has 1 amide bonds. The average Bonchev–Trinajstić information content (AvgIpc) is 2.59. The molecule has 138 valence electrons. The molecule has 3 rings (SSSR count). The van der Waals surface area contributed by atoms with E-state index in [1.165, 1.54) is 11.1 Å². The Morgan fingerprint density at radius 1 is 1.15 bits per heavy atom. The number of amides is 1. The molecule has 0 N–H and O–H groups in total. The molecule has 1 aliphatic rings. The standard InChI is InChI=1S/C22H26BrNO2/c1-22(2,3)26-21(25)24-18(14-12-16-8-5-4-6-9-16)15-13-17-10-7-11-19(23)20(17)24/h4-11,18H,12-15H2,1-3H3. The minimum Gasteiger partial charge on any atom is -0.443 e. The summed E-state index contributed by atoms with van der Waals surface area (Å²) >= 11 is 3.64. The molecule has 3 nitrogen and oxygen atoms in total. The summed E-state index contributed by atoms with van der Waals surface area (Å²) in [5.41, 5.74) is 2.95. The molecule has 0 radical (unpaired) electrons. The maximum absolute atomic E-state index is 13.0. The van der Waals surface area contributed by atoms with Gasteiger partial charge in [0.15, 0.2) is 0 Å². The normalized spacial score (nSPS) is 16.9. The van der Waals surface area contributed by atoms with Gasteiger partial charge < -0.3 is 4.74 Å². The van der Waals surface area contributed by atoms with Gasteiger partial charge in [-0.25, -0.2) is 4.79 Å². The summed E-state index contributed by atoms with van der Waals surface area (Å²) in [4.78, 5) is 14.9. The molecular weight excluding hydrogens is 390 g/mol. The average molecular weight is 416 g/mol. The van der Waals surface area contributed by atoms with Crippen molar-refractivity contribution in [3.8, 4) is 0 Å². The van der Waals surface area contributed by atoms with Gasteiger partial charge in [0.1, 0.15) is 5.60 Å². The molecule has 26 heavy (non-hydrogen) atoms. The number of fused-ring (bicyclic) bond motifs is 1. The molecule has 0 bridgehead atoms. The zero-order valence-corrected chi connectivity index (χ0v) is 17.3. The molecule has 1 heterocycles. The Balaban J connectivity index is 1.87. The molecule has 1 aliphatic heterocycles. The zero-order valence-electron chi connectivity index (χ0n) is 15.7. The van der Waals surface area contributed by atoms with Crippen molar-refractivity contribution in [2.24, 2.45) is 0 Å². The van der Waals surface area contributed by atoms with Crippen LogP contribution in [0.3, 0.4) is 0 Å². The summed E-state index contributed by atoms with van der Waals surface area (Å²) in [6.07, 6.45) is 3.54. The molecule has 2 aromatic carbocycles. The Bertz CT molecular complexity index is 767. The van der Waals surface area contributed by atoms with Crippen LogP contribution in [0.25, 0.3) is 0 Å². The van der Waals surface area contributed by atoms with Gasteiger partial charge in [-0.15, -0.1) is 0 Å². The lowest BCUT2D eigenvalue weighted by atomic mass is 9.92. The van der Waals surface area contributed by atoms with E-state index in [4.69, 9.17) is 4.74 Å². The predicted octanol–water partition coefficient (Wildman–Crippen LogP) is 6.14. The first-order chi connectivity index (χ1) is 12.3. The number of nitrogens with zero attached hydrogens (tertiary/aromatic N) is 1. The quantitative estimate of drug-likeness (QED) is 0.602. The Labute approximate surface area is 164 Å². The van der Waals surface area contributed by atoms with Crippen LogP contribution in [0.1, 0.15) is 44.7 Å². The lowest BCUT2D eigenvalue weighted by molar-refractivity contribution is 0.0558. The number of carbonyl (C=O) groups excluding carboxylic acids is 1. The van der Waals surface area contributed by atoms with Crippen molar-refractivity contribution in [3.63, 3.8) is 0 Å². The molecule has 0 saturated carbocycles. The number of aryl methyl sites for hydroxylation is 2. The second-order valence-corrected chi connectivity index (χ2v) is 8.67. The highest BCUT2D eigenvalue weighted by molar-refractivity contribution is 9.10. The maximum Gasteiger partial charge on any atom is 0.415 e. The van der Waals surface area contributed by atoms with Gasteiger partial charge in [-0.3, -0.25) is 4.90 Å². The molecule has 0 spiro atoms. The molecule has 1 atom stereocenters. The Kier molecular flexibility index (Phi) is 5.71. The Morgan fingerprint density at radius 2 is 1.88 bits per heavy atom. The number of para-hydroxylation sites is 1. The third-order valence-corrected chi connectivity index (χ3v) is 5.26. The Morgan fingerprint density at radius 3 is 2.58 bits per heavy atom. The van der Waals surface area contributed by atoms with Crippen molar-refractivity contribution < 1.29 is 9.53 Å². The summed E-state index contributed by atoms with van der Waals surface area (Å²) in [5, 5.41) is 0. The molecule has 1 unspecified atom stereocenters. The van der Waals surface area contributed by atoms with Crippen molar-refractivity contribution in [1.82, 2.24) is 0 Å². The number of carbonyl (C=O) groups is 1. The third kappa shape index (κ3) is 4.47. The summed E-state index contributed by atoms with van der Waals surface area (Å²) in [7, 11) is 0. The number of anilines is 1. The van der Waals surface area contributed by atoms with Gasteiger partial charge in [0.05, 0.1) is 5.69 Å². The molecule has 0 fully saturated rings. The van der Waals surface area contributed by atoms with Crippen LogP contribution in [0.4, 0.5) is 10.5 Å². The van der Waals surface area contributed by atoms with Crippen LogP contribution in [-0.2, 0) is 17.6 Å². The minimum absolute atomic E-state index is 0.135. The third-order valence-electron chi connectivity index (χ3n) is 4.62. The first-order valence-electron chi connectivity index (χ1n) is 9.19. The fourth-order valence-corrected chi connectivity index (χ4v) is 4.07. The summed E-state index contributed by atoms with van der Waals surface area (Å²) in [5.74, 6) is 0. The van der Waals surface area contributed by atoms with Crippen LogP contribution in [0, 0.1) is 0 Å². The second kappa shape index (κ2) is 7.83. The van der Waals surface area contributed by atoms with Crippen LogP contribution in [0.2, 0.25) is 0 Å². The highest BCUT2D eigenvalue weighted by atomic mass is 79.9. The first kappa shape index (κ1) is 19.0. The summed E-state index contributed by atoms with van der Waals surface area (Å²) in [6, 6.07) is 16.7. The fraction of sp³-hybridized carbons (Fsp3) is 0.409. The van der Waals surface area contributed by atoms with Crippen LogP contribution < -0.4 is 4.90 Å². The van der Waals surface area contributed by atoms with E-state index < -0.39 is 5.60 Å². The number of halogens is 1. The van der Waals surface area contributed by atoms with Gasteiger partial charge in [-0.2, -0.15) is 0 Å². The molecule has 0 aliphatic carbocycles. The van der Waals surface area contributed by atoms with E-state index in [9.17, 15) is 4.79 Å². The maximum atomic E-state index is 13.0. The van der Waals surface area contributed by atoms with Crippen LogP contribution in [0.15, 0.2) is 53.0 Å². The minimum atomic E-state index is -0.514. The van der Waals surface area contributed by atoms with E-state index >= 15 is 0 Å². The van der Waals surface area contributed by atoms with Crippen molar-refractivity contribution >= 4 is 27.7 Å².